The minimum Gasteiger partial charge on any atom is -0.277 e. The zero-order valence-electron chi connectivity index (χ0n) is 15.1. The van der Waals surface area contributed by atoms with Crippen LogP contribution in [0.4, 0.5) is 5.69 Å². The van der Waals surface area contributed by atoms with Crippen LogP contribution < -0.4 is 0 Å². The van der Waals surface area contributed by atoms with Gasteiger partial charge in [0.05, 0.1) is 16.0 Å². The number of non-ortho nitro benzene ring substituents is 1. The summed E-state index contributed by atoms with van der Waals surface area (Å²) in [4.78, 5) is 21.4. The third kappa shape index (κ3) is 3.01. The van der Waals surface area contributed by atoms with E-state index < -0.39 is 0 Å². The van der Waals surface area contributed by atoms with Gasteiger partial charge in [-0.05, 0) is 30.3 Å². The molecule has 140 valence electrons. The first-order valence-corrected chi connectivity index (χ1v) is 9.76. The predicted octanol–water partition coefficient (Wildman–Crippen LogP) is 5.63. The lowest BCUT2D eigenvalue weighted by atomic mass is 10.1. The number of nitrogens with zero attached hydrogens (tertiary/aromatic N) is 4. The topological polar surface area (TPSA) is 73.8 Å². The number of nitro benzene ring substituents is 1. The third-order valence-electron chi connectivity index (χ3n) is 4.69. The fourth-order valence-electron chi connectivity index (χ4n) is 3.45. The molecule has 0 spiro atoms. The van der Waals surface area contributed by atoms with Crippen molar-refractivity contribution in [2.75, 3.05) is 0 Å². The number of nitro groups is 1. The predicted molar refractivity (Wildman–Crippen MR) is 114 cm³/mol. The molecule has 0 aliphatic rings. The number of para-hydroxylation sites is 2. The molecule has 29 heavy (non-hydrogen) atoms. The van der Waals surface area contributed by atoms with Crippen molar-refractivity contribution in [3.63, 3.8) is 0 Å². The molecule has 0 radical (unpaired) electrons. The third-order valence-corrected chi connectivity index (χ3v) is 5.74. The summed E-state index contributed by atoms with van der Waals surface area (Å²) in [6, 6.07) is 22.7. The number of fused-ring (bicyclic) bond motifs is 3. The molecular formula is C22H14N4O2S. The maximum atomic E-state index is 10.9. The van der Waals surface area contributed by atoms with E-state index in [2.05, 4.69) is 32.7 Å². The summed E-state index contributed by atoms with van der Waals surface area (Å²) in [7, 11) is 0. The monoisotopic (exact) mass is 398 g/mol. The Labute approximate surface area is 170 Å². The quantitative estimate of drug-likeness (QED) is 0.290. The van der Waals surface area contributed by atoms with E-state index in [9.17, 15) is 10.1 Å². The molecule has 3 aromatic carbocycles. The van der Waals surface area contributed by atoms with Crippen LogP contribution in [-0.4, -0.2) is 19.5 Å². The smallest absolute Gasteiger partial charge is 0.269 e. The van der Waals surface area contributed by atoms with Gasteiger partial charge in [-0.2, -0.15) is 0 Å². The second kappa shape index (κ2) is 7.03. The van der Waals surface area contributed by atoms with Crippen LogP contribution in [0.1, 0.15) is 0 Å². The van der Waals surface area contributed by atoms with E-state index in [1.54, 1.807) is 42.4 Å². The molecule has 5 aromatic rings. The molecule has 0 aliphatic carbocycles. The van der Waals surface area contributed by atoms with Crippen LogP contribution in [0.3, 0.4) is 0 Å². The zero-order valence-corrected chi connectivity index (χ0v) is 15.9. The van der Waals surface area contributed by atoms with E-state index in [1.807, 2.05) is 24.3 Å². The minimum absolute atomic E-state index is 0.0827. The van der Waals surface area contributed by atoms with Crippen molar-refractivity contribution in [3.05, 3.63) is 95.3 Å². The Balaban J connectivity index is 1.73. The van der Waals surface area contributed by atoms with Crippen LogP contribution in [0, 0.1) is 10.1 Å². The van der Waals surface area contributed by atoms with E-state index in [0.717, 1.165) is 31.6 Å². The summed E-state index contributed by atoms with van der Waals surface area (Å²) in [5.41, 5.74) is 2.13. The van der Waals surface area contributed by atoms with E-state index in [4.69, 9.17) is 0 Å². The van der Waals surface area contributed by atoms with Gasteiger partial charge in [0, 0.05) is 45.1 Å². The Kier molecular flexibility index (Phi) is 4.22. The Morgan fingerprint density at radius 1 is 0.828 bits per heavy atom. The maximum Gasteiger partial charge on any atom is 0.269 e. The standard InChI is InChI=1S/C22H14N4O2S/c27-26(28)15-9-11-16(12-10-15)29-20-8-3-6-18-17-5-1-2-7-19(17)25(21(18)20)22-23-13-4-14-24-22/h1-14H. The van der Waals surface area contributed by atoms with Crippen molar-refractivity contribution in [1.29, 1.82) is 0 Å². The SMILES string of the molecule is O=[N+]([O-])c1ccc(Sc2cccc3c4ccccc4n(-c4ncccn4)c23)cc1. The lowest BCUT2D eigenvalue weighted by Crippen LogP contribution is -2.00. The Hall–Kier alpha value is -3.71. The van der Waals surface area contributed by atoms with Crippen LogP contribution in [0.15, 0.2) is 95.0 Å². The van der Waals surface area contributed by atoms with E-state index >= 15 is 0 Å². The lowest BCUT2D eigenvalue weighted by Gasteiger charge is -2.09. The Morgan fingerprint density at radius 3 is 2.31 bits per heavy atom. The normalized spacial score (nSPS) is 11.2. The molecule has 2 aromatic heterocycles. The highest BCUT2D eigenvalue weighted by Crippen LogP contribution is 2.39. The number of hydrogen-bond donors (Lipinski definition) is 0. The first-order valence-electron chi connectivity index (χ1n) is 8.94. The van der Waals surface area contributed by atoms with Crippen molar-refractivity contribution in [1.82, 2.24) is 14.5 Å². The molecule has 0 bridgehead atoms. The number of rotatable bonds is 4. The molecule has 7 heteroatoms. The van der Waals surface area contributed by atoms with Crippen molar-refractivity contribution < 1.29 is 4.92 Å². The van der Waals surface area contributed by atoms with Gasteiger partial charge in [-0.1, -0.05) is 42.1 Å². The molecule has 0 fully saturated rings. The highest BCUT2D eigenvalue weighted by Gasteiger charge is 2.17. The average molecular weight is 398 g/mol. The van der Waals surface area contributed by atoms with Gasteiger partial charge < -0.3 is 0 Å². The zero-order chi connectivity index (χ0) is 19.8. The summed E-state index contributed by atoms with van der Waals surface area (Å²) >= 11 is 1.56. The van der Waals surface area contributed by atoms with Crippen LogP contribution in [0.2, 0.25) is 0 Å². The second-order valence-corrected chi connectivity index (χ2v) is 7.52. The van der Waals surface area contributed by atoms with Gasteiger partial charge in [0.15, 0.2) is 0 Å². The fourth-order valence-corrected chi connectivity index (χ4v) is 4.42. The summed E-state index contributed by atoms with van der Waals surface area (Å²) in [5.74, 6) is 0.607. The number of hydrogen-bond acceptors (Lipinski definition) is 5. The van der Waals surface area contributed by atoms with Crippen molar-refractivity contribution in [2.24, 2.45) is 0 Å². The van der Waals surface area contributed by atoms with Crippen molar-refractivity contribution in [2.45, 2.75) is 9.79 Å². The average Bonchev–Trinajstić information content (AvgIpc) is 3.10. The fraction of sp³-hybridized carbons (Fsp3) is 0. The summed E-state index contributed by atoms with van der Waals surface area (Å²) in [6.07, 6.45) is 3.46. The number of benzene rings is 3. The van der Waals surface area contributed by atoms with Gasteiger partial charge >= 0.3 is 0 Å². The van der Waals surface area contributed by atoms with Gasteiger partial charge in [-0.25, -0.2) is 9.97 Å². The van der Waals surface area contributed by atoms with Crippen molar-refractivity contribution >= 4 is 39.3 Å². The Bertz CT molecular complexity index is 1350. The van der Waals surface area contributed by atoms with Crippen LogP contribution in [-0.2, 0) is 0 Å². The van der Waals surface area contributed by atoms with Crippen LogP contribution in [0.25, 0.3) is 27.8 Å². The minimum atomic E-state index is -0.389. The molecule has 0 amide bonds. The van der Waals surface area contributed by atoms with Gasteiger partial charge in [-0.15, -0.1) is 0 Å². The first kappa shape index (κ1) is 17.4. The molecule has 0 unspecified atom stereocenters. The first-order chi connectivity index (χ1) is 14.2. The van der Waals surface area contributed by atoms with Gasteiger partial charge in [0.2, 0.25) is 5.95 Å². The molecule has 0 saturated carbocycles. The van der Waals surface area contributed by atoms with E-state index in [1.165, 1.54) is 12.1 Å². The molecule has 0 saturated heterocycles. The molecule has 0 atom stereocenters. The highest BCUT2D eigenvalue weighted by molar-refractivity contribution is 7.99. The molecule has 0 N–H and O–H groups in total. The summed E-state index contributed by atoms with van der Waals surface area (Å²) in [5, 5.41) is 13.2. The molecule has 6 nitrogen and oxygen atoms in total. The van der Waals surface area contributed by atoms with E-state index in [0.29, 0.717) is 5.95 Å². The lowest BCUT2D eigenvalue weighted by molar-refractivity contribution is -0.384. The second-order valence-electron chi connectivity index (χ2n) is 6.41. The molecule has 0 aliphatic heterocycles. The van der Waals surface area contributed by atoms with E-state index in [-0.39, 0.29) is 10.6 Å². The van der Waals surface area contributed by atoms with Crippen LogP contribution in [0.5, 0.6) is 0 Å². The van der Waals surface area contributed by atoms with Crippen molar-refractivity contribution in [3.8, 4) is 5.95 Å². The number of aromatic nitrogens is 3. The molecule has 2 heterocycles. The molecular weight excluding hydrogens is 384 g/mol. The van der Waals surface area contributed by atoms with Gasteiger partial charge in [0.25, 0.3) is 5.69 Å². The summed E-state index contributed by atoms with van der Waals surface area (Å²) in [6.45, 7) is 0. The highest BCUT2D eigenvalue weighted by atomic mass is 32.2. The van der Waals surface area contributed by atoms with Gasteiger partial charge in [-0.3, -0.25) is 14.7 Å². The largest absolute Gasteiger partial charge is 0.277 e. The van der Waals surface area contributed by atoms with Gasteiger partial charge in [0.1, 0.15) is 0 Å². The molecule has 5 rings (SSSR count). The Morgan fingerprint density at radius 2 is 1.55 bits per heavy atom. The summed E-state index contributed by atoms with van der Waals surface area (Å²) < 4.78 is 2.07. The maximum absolute atomic E-state index is 10.9. The van der Waals surface area contributed by atoms with Crippen LogP contribution >= 0.6 is 11.8 Å².